The standard InChI is InChI=1S/C18H18N4O5/c19-16-13(6-4-10(5-7-14(23)24)15(16)18(26)27)17(25)11-2-1-3-12(8-11)21-9-22-20/h1-4,6,8-9H,5,7,19-20H2,(H,21,22)(H,23,24)(H,26,27). The van der Waals surface area contributed by atoms with Gasteiger partial charge in [0.25, 0.3) is 0 Å². The summed E-state index contributed by atoms with van der Waals surface area (Å²) in [6.45, 7) is 0. The van der Waals surface area contributed by atoms with Crippen molar-refractivity contribution in [2.24, 2.45) is 10.9 Å². The highest BCUT2D eigenvalue weighted by atomic mass is 16.4. The third-order valence-electron chi connectivity index (χ3n) is 3.83. The summed E-state index contributed by atoms with van der Waals surface area (Å²) in [5.41, 5.74) is 6.62. The summed E-state index contributed by atoms with van der Waals surface area (Å²) in [5, 5.41) is 24.3. The lowest BCUT2D eigenvalue weighted by molar-refractivity contribution is -0.136. The molecular formula is C18H18N4O5. The van der Waals surface area contributed by atoms with Gasteiger partial charge in [-0.25, -0.2) is 4.79 Å². The number of nitrogens with two attached hydrogens (primary N) is 2. The molecule has 0 unspecified atom stereocenters. The molecule has 0 fully saturated rings. The normalized spacial score (nSPS) is 10.7. The molecule has 9 heteroatoms. The quantitative estimate of drug-likeness (QED) is 0.116. The van der Waals surface area contributed by atoms with E-state index in [1.54, 1.807) is 24.3 Å². The van der Waals surface area contributed by atoms with Gasteiger partial charge in [0.05, 0.1) is 11.3 Å². The Morgan fingerprint density at radius 3 is 2.52 bits per heavy atom. The summed E-state index contributed by atoms with van der Waals surface area (Å²) >= 11 is 0. The maximum atomic E-state index is 12.8. The van der Waals surface area contributed by atoms with Crippen LogP contribution in [-0.4, -0.2) is 34.3 Å². The molecule has 0 atom stereocenters. The fraction of sp³-hybridized carbons (Fsp3) is 0.111. The second-order valence-corrected chi connectivity index (χ2v) is 5.59. The number of hydrogen-bond acceptors (Lipinski definition) is 6. The van der Waals surface area contributed by atoms with Crippen LogP contribution in [0.1, 0.15) is 38.3 Å². The van der Waals surface area contributed by atoms with E-state index in [2.05, 4.69) is 10.4 Å². The number of aryl methyl sites for hydroxylation is 1. The maximum Gasteiger partial charge on any atom is 0.338 e. The number of nitrogens with zero attached hydrogens (tertiary/aromatic N) is 1. The number of benzene rings is 2. The van der Waals surface area contributed by atoms with Gasteiger partial charge in [-0.05, 0) is 30.2 Å². The van der Waals surface area contributed by atoms with E-state index in [1.807, 2.05) is 0 Å². The van der Waals surface area contributed by atoms with Gasteiger partial charge in [-0.1, -0.05) is 18.2 Å². The van der Waals surface area contributed by atoms with Crippen LogP contribution in [0.3, 0.4) is 0 Å². The molecule has 0 saturated carbocycles. The Kier molecular flexibility index (Phi) is 6.10. The molecule has 27 heavy (non-hydrogen) atoms. The summed E-state index contributed by atoms with van der Waals surface area (Å²) in [4.78, 5) is 35.1. The van der Waals surface area contributed by atoms with Crippen LogP contribution in [0.5, 0.6) is 0 Å². The molecule has 0 saturated heterocycles. The molecule has 0 heterocycles. The molecule has 0 aliphatic heterocycles. The van der Waals surface area contributed by atoms with E-state index < -0.39 is 17.7 Å². The van der Waals surface area contributed by atoms with Gasteiger partial charge in [0.15, 0.2) is 5.78 Å². The number of aromatic carboxylic acids is 1. The van der Waals surface area contributed by atoms with Crippen LogP contribution < -0.4 is 16.9 Å². The van der Waals surface area contributed by atoms with Gasteiger partial charge in [-0.2, -0.15) is 5.10 Å². The van der Waals surface area contributed by atoms with Gasteiger partial charge in [0.1, 0.15) is 6.34 Å². The Hall–Kier alpha value is -3.88. The van der Waals surface area contributed by atoms with E-state index in [4.69, 9.17) is 16.7 Å². The summed E-state index contributed by atoms with van der Waals surface area (Å²) in [6, 6.07) is 9.25. The molecule has 0 spiro atoms. The predicted octanol–water partition coefficient (Wildman–Crippen LogP) is 1.53. The summed E-state index contributed by atoms with van der Waals surface area (Å²) < 4.78 is 0. The molecule has 0 radical (unpaired) electrons. The first-order valence-electron chi connectivity index (χ1n) is 7.84. The molecule has 0 aromatic heterocycles. The second-order valence-electron chi connectivity index (χ2n) is 5.59. The number of carbonyl (C=O) groups excluding carboxylic acids is 1. The first-order valence-corrected chi connectivity index (χ1v) is 7.84. The number of carbonyl (C=O) groups is 3. The lowest BCUT2D eigenvalue weighted by atomic mass is 9.93. The Morgan fingerprint density at radius 2 is 1.89 bits per heavy atom. The van der Waals surface area contributed by atoms with E-state index in [-0.39, 0.29) is 40.8 Å². The Labute approximate surface area is 154 Å². The molecule has 0 aliphatic rings. The van der Waals surface area contributed by atoms with Gasteiger partial charge in [0, 0.05) is 23.2 Å². The first-order chi connectivity index (χ1) is 12.8. The largest absolute Gasteiger partial charge is 0.481 e. The molecule has 0 amide bonds. The van der Waals surface area contributed by atoms with Crippen molar-refractivity contribution < 1.29 is 24.6 Å². The van der Waals surface area contributed by atoms with Crippen molar-refractivity contribution in [2.75, 3.05) is 11.1 Å². The van der Waals surface area contributed by atoms with Gasteiger partial charge >= 0.3 is 11.9 Å². The fourth-order valence-electron chi connectivity index (χ4n) is 2.58. The van der Waals surface area contributed by atoms with E-state index in [9.17, 15) is 19.5 Å². The van der Waals surface area contributed by atoms with Crippen LogP contribution in [0.2, 0.25) is 0 Å². The molecule has 0 aliphatic carbocycles. The second kappa shape index (κ2) is 8.48. The molecule has 140 valence electrons. The van der Waals surface area contributed by atoms with Crippen molar-refractivity contribution in [3.63, 3.8) is 0 Å². The number of nitrogen functional groups attached to an aromatic ring is 1. The lowest BCUT2D eigenvalue weighted by Gasteiger charge is -2.13. The monoisotopic (exact) mass is 370 g/mol. The highest BCUT2D eigenvalue weighted by Crippen LogP contribution is 2.26. The molecule has 2 rings (SSSR count). The molecule has 2 aromatic carbocycles. The number of carboxylic acids is 2. The lowest BCUT2D eigenvalue weighted by Crippen LogP contribution is -2.14. The average Bonchev–Trinajstić information content (AvgIpc) is 2.64. The zero-order valence-electron chi connectivity index (χ0n) is 14.2. The molecule has 2 aromatic rings. The average molecular weight is 370 g/mol. The first kappa shape index (κ1) is 19.4. The third kappa shape index (κ3) is 4.60. The third-order valence-corrected chi connectivity index (χ3v) is 3.83. The number of anilines is 2. The highest BCUT2D eigenvalue weighted by Gasteiger charge is 2.22. The minimum Gasteiger partial charge on any atom is -0.481 e. The predicted molar refractivity (Wildman–Crippen MR) is 99.9 cm³/mol. The SMILES string of the molecule is NN=CNc1cccc(C(=O)c2ccc(CCC(=O)O)c(C(=O)O)c2N)c1. The molecule has 0 bridgehead atoms. The maximum absolute atomic E-state index is 12.8. The zero-order valence-corrected chi connectivity index (χ0v) is 14.2. The number of hydrogen-bond donors (Lipinski definition) is 5. The number of nitrogens with one attached hydrogen (secondary N) is 1. The molecular weight excluding hydrogens is 352 g/mol. The number of hydrazone groups is 1. The van der Waals surface area contributed by atoms with Gasteiger partial charge < -0.3 is 27.1 Å². The number of carboxylic acid groups (broad SMARTS) is 2. The van der Waals surface area contributed by atoms with E-state index >= 15 is 0 Å². The van der Waals surface area contributed by atoms with E-state index in [1.165, 1.54) is 18.5 Å². The summed E-state index contributed by atoms with van der Waals surface area (Å²) in [5.74, 6) is 2.17. The number of ketones is 1. The minimum atomic E-state index is -1.32. The number of rotatable bonds is 8. The molecule has 7 N–H and O–H groups in total. The van der Waals surface area contributed by atoms with E-state index in [0.717, 1.165) is 0 Å². The van der Waals surface area contributed by atoms with Crippen molar-refractivity contribution in [1.29, 1.82) is 0 Å². The van der Waals surface area contributed by atoms with Crippen molar-refractivity contribution >= 4 is 35.4 Å². The van der Waals surface area contributed by atoms with Crippen LogP contribution in [-0.2, 0) is 11.2 Å². The van der Waals surface area contributed by atoms with Gasteiger partial charge in [0.2, 0.25) is 0 Å². The van der Waals surface area contributed by atoms with Crippen molar-refractivity contribution in [2.45, 2.75) is 12.8 Å². The highest BCUT2D eigenvalue weighted by molar-refractivity contribution is 6.15. The van der Waals surface area contributed by atoms with Crippen molar-refractivity contribution in [3.05, 3.63) is 58.7 Å². The van der Waals surface area contributed by atoms with Gasteiger partial charge in [-0.3, -0.25) is 9.59 Å². The Morgan fingerprint density at radius 1 is 1.15 bits per heavy atom. The zero-order chi connectivity index (χ0) is 20.0. The van der Waals surface area contributed by atoms with Gasteiger partial charge in [-0.15, -0.1) is 0 Å². The summed E-state index contributed by atoms with van der Waals surface area (Å²) in [7, 11) is 0. The van der Waals surface area contributed by atoms with Crippen LogP contribution in [0.4, 0.5) is 11.4 Å². The number of aliphatic carboxylic acids is 1. The minimum absolute atomic E-state index is 0.00648. The van der Waals surface area contributed by atoms with Crippen molar-refractivity contribution in [3.8, 4) is 0 Å². The van der Waals surface area contributed by atoms with Crippen LogP contribution in [0, 0.1) is 0 Å². The topological polar surface area (TPSA) is 168 Å². The Bertz CT molecular complexity index is 924. The molecule has 9 nitrogen and oxygen atoms in total. The van der Waals surface area contributed by atoms with Crippen LogP contribution in [0.15, 0.2) is 41.5 Å². The van der Waals surface area contributed by atoms with Crippen molar-refractivity contribution in [1.82, 2.24) is 0 Å². The van der Waals surface area contributed by atoms with Crippen LogP contribution in [0.25, 0.3) is 0 Å². The smallest absolute Gasteiger partial charge is 0.338 e. The summed E-state index contributed by atoms with van der Waals surface area (Å²) in [6.07, 6.45) is 0.995. The van der Waals surface area contributed by atoms with Crippen LogP contribution >= 0.6 is 0 Å². The van der Waals surface area contributed by atoms with E-state index in [0.29, 0.717) is 5.69 Å². The Balaban J connectivity index is 2.43. The fourth-order valence-corrected chi connectivity index (χ4v) is 2.58.